The zero-order valence-electron chi connectivity index (χ0n) is 9.41. The molecule has 0 aliphatic carbocycles. The highest BCUT2D eigenvalue weighted by molar-refractivity contribution is 5.02. The summed E-state index contributed by atoms with van der Waals surface area (Å²) in [6, 6.07) is 0. The second-order valence-corrected chi connectivity index (χ2v) is 3.60. The molecule has 0 fully saturated rings. The van der Waals surface area contributed by atoms with Crippen LogP contribution in [0.4, 0.5) is 0 Å². The van der Waals surface area contributed by atoms with Crippen molar-refractivity contribution in [1.29, 1.82) is 0 Å². The Balaban J connectivity index is 3.05. The lowest BCUT2D eigenvalue weighted by Crippen LogP contribution is -1.77. The van der Waals surface area contributed by atoms with Crippen LogP contribution in [0.15, 0.2) is 24.3 Å². The molecule has 0 aliphatic heterocycles. The van der Waals surface area contributed by atoms with Crippen molar-refractivity contribution >= 4 is 0 Å². The molecule has 0 radical (unpaired) electrons. The summed E-state index contributed by atoms with van der Waals surface area (Å²) in [7, 11) is 0. The van der Waals surface area contributed by atoms with Crippen LogP contribution in [0.3, 0.4) is 0 Å². The van der Waals surface area contributed by atoms with E-state index in [-0.39, 0.29) is 6.61 Å². The third-order valence-electron chi connectivity index (χ3n) is 2.21. The van der Waals surface area contributed by atoms with Crippen LogP contribution < -0.4 is 0 Å². The maximum Gasteiger partial charge on any atom is 0.0615 e. The summed E-state index contributed by atoms with van der Waals surface area (Å²) in [5.41, 5.74) is 0. The van der Waals surface area contributed by atoms with E-state index in [0.717, 1.165) is 0 Å². The van der Waals surface area contributed by atoms with E-state index in [1.54, 1.807) is 6.08 Å². The van der Waals surface area contributed by atoms with E-state index in [2.05, 4.69) is 13.0 Å². The smallest absolute Gasteiger partial charge is 0.0615 e. The quantitative estimate of drug-likeness (QED) is 0.439. The summed E-state index contributed by atoms with van der Waals surface area (Å²) in [5, 5.41) is 8.47. The minimum absolute atomic E-state index is 0.140. The summed E-state index contributed by atoms with van der Waals surface area (Å²) in [6.45, 7) is 2.39. The van der Waals surface area contributed by atoms with Crippen molar-refractivity contribution < 1.29 is 5.11 Å². The van der Waals surface area contributed by atoms with Gasteiger partial charge in [0.25, 0.3) is 0 Å². The summed E-state index contributed by atoms with van der Waals surface area (Å²) in [6.07, 6.45) is 17.1. The Morgan fingerprint density at radius 1 is 0.857 bits per heavy atom. The first-order valence-corrected chi connectivity index (χ1v) is 5.84. The van der Waals surface area contributed by atoms with E-state index in [4.69, 9.17) is 5.11 Å². The molecule has 0 saturated heterocycles. The summed E-state index contributed by atoms with van der Waals surface area (Å²) >= 11 is 0. The van der Waals surface area contributed by atoms with Gasteiger partial charge in [0.05, 0.1) is 6.61 Å². The molecule has 1 N–H and O–H groups in total. The molecule has 0 amide bonds. The molecule has 0 heterocycles. The molecular weight excluding hydrogens is 172 g/mol. The highest BCUT2D eigenvalue weighted by atomic mass is 16.2. The van der Waals surface area contributed by atoms with E-state index >= 15 is 0 Å². The van der Waals surface area contributed by atoms with Gasteiger partial charge >= 0.3 is 0 Å². The van der Waals surface area contributed by atoms with Gasteiger partial charge in [-0.05, 0) is 12.8 Å². The van der Waals surface area contributed by atoms with E-state index in [1.807, 2.05) is 12.2 Å². The first-order valence-electron chi connectivity index (χ1n) is 5.84. The van der Waals surface area contributed by atoms with Crippen LogP contribution in [-0.4, -0.2) is 11.7 Å². The molecule has 0 atom stereocenters. The van der Waals surface area contributed by atoms with E-state index in [1.165, 1.54) is 44.9 Å². The van der Waals surface area contributed by atoms with Crippen LogP contribution in [0, 0.1) is 0 Å². The Bertz CT molecular complexity index is 147. The molecule has 82 valence electrons. The number of allylic oxidation sites excluding steroid dienone is 3. The Morgan fingerprint density at radius 3 is 2.21 bits per heavy atom. The normalized spacial score (nSPS) is 11.9. The lowest BCUT2D eigenvalue weighted by Gasteiger charge is -1.97. The van der Waals surface area contributed by atoms with Gasteiger partial charge in [-0.3, -0.25) is 0 Å². The Morgan fingerprint density at radius 2 is 1.50 bits per heavy atom. The maximum absolute atomic E-state index is 8.47. The SMILES string of the molecule is CCCCCCCC/C=C\C=C\CO. The van der Waals surface area contributed by atoms with Crippen LogP contribution >= 0.6 is 0 Å². The molecule has 14 heavy (non-hydrogen) atoms. The second kappa shape index (κ2) is 12.4. The lowest BCUT2D eigenvalue weighted by atomic mass is 10.1. The summed E-state index contributed by atoms with van der Waals surface area (Å²) in [4.78, 5) is 0. The number of hydrogen-bond acceptors (Lipinski definition) is 1. The molecular formula is C13H24O. The van der Waals surface area contributed by atoms with Crippen molar-refractivity contribution in [3.05, 3.63) is 24.3 Å². The number of unbranched alkanes of at least 4 members (excludes halogenated alkanes) is 6. The standard InChI is InChI=1S/C13H24O/c1-2-3-4-5-6-7-8-9-10-11-12-13-14/h9-12,14H,2-8,13H2,1H3/b10-9-,12-11+. The van der Waals surface area contributed by atoms with Gasteiger partial charge in [-0.25, -0.2) is 0 Å². The number of hydrogen-bond donors (Lipinski definition) is 1. The van der Waals surface area contributed by atoms with Gasteiger partial charge in [-0.15, -0.1) is 0 Å². The Labute approximate surface area is 88.5 Å². The van der Waals surface area contributed by atoms with Crippen LogP contribution in [-0.2, 0) is 0 Å². The fourth-order valence-electron chi connectivity index (χ4n) is 1.36. The van der Waals surface area contributed by atoms with E-state index in [9.17, 15) is 0 Å². The van der Waals surface area contributed by atoms with Gasteiger partial charge in [0.15, 0.2) is 0 Å². The molecule has 1 nitrogen and oxygen atoms in total. The van der Waals surface area contributed by atoms with Crippen molar-refractivity contribution in [1.82, 2.24) is 0 Å². The molecule has 0 aromatic heterocycles. The molecule has 1 heteroatoms. The monoisotopic (exact) mass is 196 g/mol. The minimum atomic E-state index is 0.140. The average Bonchev–Trinajstić information content (AvgIpc) is 2.21. The predicted molar refractivity (Wildman–Crippen MR) is 63.4 cm³/mol. The van der Waals surface area contributed by atoms with Crippen molar-refractivity contribution in [2.75, 3.05) is 6.61 Å². The van der Waals surface area contributed by atoms with Crippen LogP contribution in [0.1, 0.15) is 51.9 Å². The maximum atomic E-state index is 8.47. The highest BCUT2D eigenvalue weighted by Crippen LogP contribution is 2.06. The van der Waals surface area contributed by atoms with Crippen LogP contribution in [0.2, 0.25) is 0 Å². The van der Waals surface area contributed by atoms with Gasteiger partial charge in [0.1, 0.15) is 0 Å². The van der Waals surface area contributed by atoms with Gasteiger partial charge < -0.3 is 5.11 Å². The zero-order valence-corrected chi connectivity index (χ0v) is 9.41. The number of aliphatic hydroxyl groups is 1. The molecule has 0 unspecified atom stereocenters. The van der Waals surface area contributed by atoms with E-state index < -0.39 is 0 Å². The second-order valence-electron chi connectivity index (χ2n) is 3.60. The van der Waals surface area contributed by atoms with Crippen molar-refractivity contribution in [2.45, 2.75) is 51.9 Å². The Kier molecular flexibility index (Phi) is 11.9. The third kappa shape index (κ3) is 11.4. The van der Waals surface area contributed by atoms with Gasteiger partial charge in [-0.2, -0.15) is 0 Å². The number of rotatable bonds is 9. The molecule has 0 spiro atoms. The molecule has 0 aromatic carbocycles. The largest absolute Gasteiger partial charge is 0.392 e. The van der Waals surface area contributed by atoms with E-state index in [0.29, 0.717) is 0 Å². The highest BCUT2D eigenvalue weighted by Gasteiger charge is 1.87. The predicted octanol–water partition coefficient (Wildman–Crippen LogP) is 3.84. The molecule has 0 aliphatic rings. The summed E-state index contributed by atoms with van der Waals surface area (Å²) < 4.78 is 0. The van der Waals surface area contributed by atoms with Crippen LogP contribution in [0.5, 0.6) is 0 Å². The van der Waals surface area contributed by atoms with Crippen LogP contribution in [0.25, 0.3) is 0 Å². The van der Waals surface area contributed by atoms with Gasteiger partial charge in [0.2, 0.25) is 0 Å². The molecule has 0 bridgehead atoms. The fraction of sp³-hybridized carbons (Fsp3) is 0.692. The molecule has 0 aromatic rings. The zero-order chi connectivity index (χ0) is 10.5. The van der Waals surface area contributed by atoms with Gasteiger partial charge in [-0.1, -0.05) is 63.3 Å². The topological polar surface area (TPSA) is 20.2 Å². The van der Waals surface area contributed by atoms with Crippen molar-refractivity contribution in [2.24, 2.45) is 0 Å². The first kappa shape index (κ1) is 13.4. The third-order valence-corrected chi connectivity index (χ3v) is 2.21. The summed E-state index contributed by atoms with van der Waals surface area (Å²) in [5.74, 6) is 0. The molecule has 0 saturated carbocycles. The first-order chi connectivity index (χ1) is 6.91. The Hall–Kier alpha value is -0.560. The average molecular weight is 196 g/mol. The van der Waals surface area contributed by atoms with Gasteiger partial charge in [0, 0.05) is 0 Å². The number of aliphatic hydroxyl groups excluding tert-OH is 1. The van der Waals surface area contributed by atoms with Crippen molar-refractivity contribution in [3.8, 4) is 0 Å². The molecule has 0 rings (SSSR count). The lowest BCUT2D eigenvalue weighted by molar-refractivity contribution is 0.343. The van der Waals surface area contributed by atoms with Crippen molar-refractivity contribution in [3.63, 3.8) is 0 Å². The minimum Gasteiger partial charge on any atom is -0.392 e. The fourth-order valence-corrected chi connectivity index (χ4v) is 1.36.